The van der Waals surface area contributed by atoms with Gasteiger partial charge in [-0.1, -0.05) is 0 Å². The van der Waals surface area contributed by atoms with Crippen molar-refractivity contribution in [2.45, 2.75) is 6.18 Å². The van der Waals surface area contributed by atoms with E-state index in [4.69, 9.17) is 0 Å². The lowest BCUT2D eigenvalue weighted by Gasteiger charge is -2.13. The molecule has 1 aromatic rings. The minimum Gasteiger partial charge on any atom is -0.481 e. The van der Waals surface area contributed by atoms with Gasteiger partial charge >= 0.3 is 6.18 Å². The monoisotopic (exact) mass is 307 g/mol. The van der Waals surface area contributed by atoms with Crippen molar-refractivity contribution < 1.29 is 22.8 Å². The third-order valence-electron chi connectivity index (χ3n) is 2.17. The minimum absolute atomic E-state index is 0.0711. The SMILES string of the molecule is CN/C(=C\[N+](=O)[O-])NNc1cc(C(F)(F)F)cc(OC)n1. The molecule has 1 rings (SSSR count). The molecule has 0 radical (unpaired) electrons. The van der Waals surface area contributed by atoms with Crippen molar-refractivity contribution in [1.29, 1.82) is 0 Å². The Morgan fingerprint density at radius 1 is 1.48 bits per heavy atom. The van der Waals surface area contributed by atoms with Crippen LogP contribution in [0.1, 0.15) is 5.56 Å². The van der Waals surface area contributed by atoms with Crippen molar-refractivity contribution in [3.63, 3.8) is 0 Å². The predicted octanol–water partition coefficient (Wildman–Crippen LogP) is 1.32. The highest BCUT2D eigenvalue weighted by molar-refractivity contribution is 5.42. The number of nitrogens with zero attached hydrogens (tertiary/aromatic N) is 2. The Balaban J connectivity index is 2.95. The van der Waals surface area contributed by atoms with Gasteiger partial charge in [0.25, 0.3) is 6.20 Å². The van der Waals surface area contributed by atoms with Gasteiger partial charge in [0.15, 0.2) is 5.82 Å². The van der Waals surface area contributed by atoms with E-state index < -0.39 is 16.7 Å². The van der Waals surface area contributed by atoms with E-state index in [-0.39, 0.29) is 17.5 Å². The van der Waals surface area contributed by atoms with Gasteiger partial charge in [0.05, 0.1) is 17.6 Å². The zero-order valence-corrected chi connectivity index (χ0v) is 11.0. The van der Waals surface area contributed by atoms with Crippen LogP contribution in [0.15, 0.2) is 24.2 Å². The third kappa shape index (κ3) is 5.04. The van der Waals surface area contributed by atoms with Gasteiger partial charge in [-0.2, -0.15) is 18.2 Å². The average Bonchev–Trinajstić information content (AvgIpc) is 2.41. The number of aromatic nitrogens is 1. The standard InChI is InChI=1S/C10H12F3N5O3/c1-14-8(5-18(19)20)17-16-7-3-6(10(11,12)13)4-9(15-7)21-2/h3-5,14,17H,1-2H3,(H,15,16)/b8-5+. The maximum atomic E-state index is 12.7. The molecule has 0 bridgehead atoms. The Kier molecular flexibility index (Phi) is 5.16. The average molecular weight is 307 g/mol. The number of nitro groups is 1. The number of methoxy groups -OCH3 is 1. The first-order valence-electron chi connectivity index (χ1n) is 5.44. The van der Waals surface area contributed by atoms with Crippen LogP contribution in [0.2, 0.25) is 0 Å². The molecule has 1 aromatic heterocycles. The summed E-state index contributed by atoms with van der Waals surface area (Å²) in [5, 5.41) is 12.7. The Morgan fingerprint density at radius 2 is 2.14 bits per heavy atom. The number of hydrogen-bond donors (Lipinski definition) is 3. The molecule has 0 atom stereocenters. The molecule has 8 nitrogen and oxygen atoms in total. The highest BCUT2D eigenvalue weighted by atomic mass is 19.4. The molecule has 1 heterocycles. The quantitative estimate of drug-likeness (QED) is 0.538. The van der Waals surface area contributed by atoms with Crippen molar-refractivity contribution in [2.75, 3.05) is 19.6 Å². The number of ether oxygens (including phenoxy) is 1. The summed E-state index contributed by atoms with van der Waals surface area (Å²) in [4.78, 5) is 13.3. The number of hydrogen-bond acceptors (Lipinski definition) is 7. The lowest BCUT2D eigenvalue weighted by atomic mass is 10.2. The van der Waals surface area contributed by atoms with E-state index in [1.54, 1.807) is 0 Å². The van der Waals surface area contributed by atoms with Crippen LogP contribution in [0.25, 0.3) is 0 Å². The van der Waals surface area contributed by atoms with E-state index in [0.29, 0.717) is 6.20 Å². The molecule has 21 heavy (non-hydrogen) atoms. The first-order chi connectivity index (χ1) is 9.76. The summed E-state index contributed by atoms with van der Waals surface area (Å²) in [6.45, 7) is 0. The van der Waals surface area contributed by atoms with Crippen LogP contribution in [0.4, 0.5) is 19.0 Å². The summed E-state index contributed by atoms with van der Waals surface area (Å²) in [5.41, 5.74) is 3.66. The van der Waals surface area contributed by atoms with E-state index in [1.807, 2.05) is 0 Å². The summed E-state index contributed by atoms with van der Waals surface area (Å²) in [6, 6.07) is 1.46. The number of rotatable bonds is 6. The van der Waals surface area contributed by atoms with Crippen LogP contribution in [-0.2, 0) is 6.18 Å². The molecule has 0 saturated heterocycles. The zero-order valence-electron chi connectivity index (χ0n) is 11.0. The highest BCUT2D eigenvalue weighted by Crippen LogP contribution is 2.32. The smallest absolute Gasteiger partial charge is 0.416 e. The second-order valence-corrected chi connectivity index (χ2v) is 3.61. The molecule has 0 amide bonds. The predicted molar refractivity (Wildman–Crippen MR) is 66.7 cm³/mol. The fourth-order valence-corrected chi connectivity index (χ4v) is 1.23. The molecule has 0 aliphatic heterocycles. The minimum atomic E-state index is -4.57. The Bertz CT molecular complexity index is 547. The largest absolute Gasteiger partial charge is 0.481 e. The molecule has 0 unspecified atom stereocenters. The highest BCUT2D eigenvalue weighted by Gasteiger charge is 2.32. The fraction of sp³-hybridized carbons (Fsp3) is 0.300. The fourth-order valence-electron chi connectivity index (χ4n) is 1.23. The van der Waals surface area contributed by atoms with E-state index in [2.05, 4.69) is 25.9 Å². The number of halogens is 3. The second-order valence-electron chi connectivity index (χ2n) is 3.61. The maximum Gasteiger partial charge on any atom is 0.416 e. The first-order valence-corrected chi connectivity index (χ1v) is 5.44. The molecular weight excluding hydrogens is 295 g/mol. The summed E-state index contributed by atoms with van der Waals surface area (Å²) in [5.74, 6) is -0.539. The van der Waals surface area contributed by atoms with Gasteiger partial charge in [-0.05, 0) is 6.07 Å². The molecule has 0 aliphatic carbocycles. The maximum absolute atomic E-state index is 12.7. The van der Waals surface area contributed by atoms with E-state index in [9.17, 15) is 23.3 Å². The van der Waals surface area contributed by atoms with Gasteiger partial charge in [0, 0.05) is 13.1 Å². The summed E-state index contributed by atoms with van der Waals surface area (Å²) in [6.07, 6.45) is -3.98. The molecule has 11 heteroatoms. The van der Waals surface area contributed by atoms with Gasteiger partial charge in [0.2, 0.25) is 5.88 Å². The summed E-state index contributed by atoms with van der Waals surface area (Å²) >= 11 is 0. The van der Waals surface area contributed by atoms with Crippen molar-refractivity contribution >= 4 is 5.82 Å². The van der Waals surface area contributed by atoms with Gasteiger partial charge in [-0.15, -0.1) is 0 Å². The molecular formula is C10H12F3N5O3. The van der Waals surface area contributed by atoms with Crippen molar-refractivity contribution in [2.24, 2.45) is 0 Å². The van der Waals surface area contributed by atoms with Crippen molar-refractivity contribution in [3.8, 4) is 5.88 Å². The van der Waals surface area contributed by atoms with E-state index >= 15 is 0 Å². The third-order valence-corrected chi connectivity index (χ3v) is 2.17. The van der Waals surface area contributed by atoms with Crippen molar-refractivity contribution in [1.82, 2.24) is 15.7 Å². The number of alkyl halides is 3. The normalized spacial score (nSPS) is 11.8. The van der Waals surface area contributed by atoms with Crippen LogP contribution in [0, 0.1) is 10.1 Å². The molecule has 0 saturated carbocycles. The van der Waals surface area contributed by atoms with Crippen LogP contribution in [-0.4, -0.2) is 24.1 Å². The lowest BCUT2D eigenvalue weighted by Crippen LogP contribution is -2.30. The van der Waals surface area contributed by atoms with E-state index in [0.717, 1.165) is 12.1 Å². The number of nitrogens with one attached hydrogen (secondary N) is 3. The van der Waals surface area contributed by atoms with Gasteiger partial charge in [-0.25, -0.2) is 0 Å². The van der Waals surface area contributed by atoms with Crippen molar-refractivity contribution in [3.05, 3.63) is 39.8 Å². The number of pyridine rings is 1. The van der Waals surface area contributed by atoms with Gasteiger partial charge in [-0.3, -0.25) is 21.0 Å². The van der Waals surface area contributed by atoms with Crippen LogP contribution < -0.4 is 20.9 Å². The number of anilines is 1. The van der Waals surface area contributed by atoms with Gasteiger partial charge < -0.3 is 10.1 Å². The van der Waals surface area contributed by atoms with Crippen LogP contribution in [0.5, 0.6) is 5.88 Å². The van der Waals surface area contributed by atoms with Crippen LogP contribution >= 0.6 is 0 Å². The molecule has 0 aromatic carbocycles. The molecule has 0 spiro atoms. The Hall–Kier alpha value is -2.72. The summed E-state index contributed by atoms with van der Waals surface area (Å²) in [7, 11) is 2.57. The van der Waals surface area contributed by atoms with Crippen LogP contribution in [0.3, 0.4) is 0 Å². The number of hydrazine groups is 1. The topological polar surface area (TPSA) is 101 Å². The zero-order chi connectivity index (χ0) is 16.0. The summed E-state index contributed by atoms with van der Waals surface area (Å²) < 4.78 is 42.7. The first kappa shape index (κ1) is 16.3. The molecule has 116 valence electrons. The molecule has 0 fully saturated rings. The second kappa shape index (κ2) is 6.63. The van der Waals surface area contributed by atoms with Gasteiger partial charge in [0.1, 0.15) is 5.82 Å². The molecule has 3 N–H and O–H groups in total. The lowest BCUT2D eigenvalue weighted by molar-refractivity contribution is -0.404. The molecule has 0 aliphatic rings. The Labute approximate surface area is 117 Å². The Morgan fingerprint density at radius 3 is 2.62 bits per heavy atom. The van der Waals surface area contributed by atoms with E-state index in [1.165, 1.54) is 14.2 Å².